The van der Waals surface area contributed by atoms with Gasteiger partial charge in [0, 0.05) is 6.92 Å². The summed E-state index contributed by atoms with van der Waals surface area (Å²) in [6.07, 6.45) is 8.80. The number of unbranched alkanes of at least 4 members (excludes halogenated alkanes) is 2. The molecule has 0 aromatic rings. The van der Waals surface area contributed by atoms with Crippen LogP contribution in [0.3, 0.4) is 0 Å². The van der Waals surface area contributed by atoms with E-state index >= 15 is 0 Å². The maximum Gasteiger partial charge on any atom is 0.217 e. The Morgan fingerprint density at radius 1 is 1.57 bits per heavy atom. The topological polar surface area (TPSA) is 0 Å². The lowest BCUT2D eigenvalue weighted by Crippen LogP contribution is -1.64. The minimum atomic E-state index is 1.13. The van der Waals surface area contributed by atoms with Crippen LogP contribution < -0.4 is 0 Å². The molecule has 40 valence electrons. The highest BCUT2D eigenvalue weighted by molar-refractivity contribution is 4.65. The van der Waals surface area contributed by atoms with E-state index in [1.54, 1.807) is 0 Å². The first-order valence-electron chi connectivity index (χ1n) is 2.93. The van der Waals surface area contributed by atoms with Gasteiger partial charge in [0.25, 0.3) is 0 Å². The zero-order chi connectivity index (χ0) is 5.54. The summed E-state index contributed by atoms with van der Waals surface area (Å²) in [6, 6.07) is 0. The molecule has 0 aliphatic carbocycles. The van der Waals surface area contributed by atoms with Gasteiger partial charge in [-0.1, -0.05) is 13.3 Å². The molecule has 0 N–H and O–H groups in total. The molecule has 0 amide bonds. The van der Waals surface area contributed by atoms with Crippen LogP contribution in [-0.2, 0) is 0 Å². The molecule has 0 aliphatic heterocycles. The fourth-order valence-corrected chi connectivity index (χ4v) is 0.423. The maximum atomic E-state index is 3.12. The molecular formula is C7H13+. The Morgan fingerprint density at radius 3 is 2.71 bits per heavy atom. The van der Waals surface area contributed by atoms with Crippen LogP contribution in [0, 0.1) is 6.08 Å². The van der Waals surface area contributed by atoms with Gasteiger partial charge in [-0.2, -0.15) is 0 Å². The van der Waals surface area contributed by atoms with Crippen molar-refractivity contribution in [2.24, 2.45) is 0 Å². The van der Waals surface area contributed by atoms with Crippen molar-refractivity contribution in [2.45, 2.75) is 33.1 Å². The van der Waals surface area contributed by atoms with Crippen molar-refractivity contribution >= 4 is 0 Å². The van der Waals surface area contributed by atoms with Crippen LogP contribution >= 0.6 is 0 Å². The zero-order valence-electron chi connectivity index (χ0n) is 5.20. The van der Waals surface area contributed by atoms with Crippen LogP contribution in [0.15, 0.2) is 6.08 Å². The Morgan fingerprint density at radius 2 is 2.29 bits per heavy atom. The van der Waals surface area contributed by atoms with Crippen molar-refractivity contribution in [3.63, 3.8) is 0 Å². The van der Waals surface area contributed by atoms with Gasteiger partial charge in [-0.15, -0.1) is 0 Å². The van der Waals surface area contributed by atoms with Crippen LogP contribution in [0.1, 0.15) is 33.1 Å². The van der Waals surface area contributed by atoms with E-state index in [1.165, 1.54) is 12.8 Å². The van der Waals surface area contributed by atoms with E-state index in [4.69, 9.17) is 0 Å². The van der Waals surface area contributed by atoms with Crippen molar-refractivity contribution in [1.29, 1.82) is 0 Å². The highest BCUT2D eigenvalue weighted by Gasteiger charge is 1.86. The van der Waals surface area contributed by atoms with E-state index < -0.39 is 0 Å². The van der Waals surface area contributed by atoms with E-state index in [2.05, 4.69) is 13.0 Å². The first kappa shape index (κ1) is 6.65. The quantitative estimate of drug-likeness (QED) is 0.375. The SMILES string of the molecule is CC=[C+]CCCC. The predicted octanol–water partition coefficient (Wildman–Crippen LogP) is 2.56. The average Bonchev–Trinajstić information content (AvgIpc) is 1.69. The maximum absolute atomic E-state index is 3.12. The number of rotatable bonds is 3. The molecule has 0 saturated carbocycles. The van der Waals surface area contributed by atoms with Crippen molar-refractivity contribution < 1.29 is 0 Å². The zero-order valence-corrected chi connectivity index (χ0v) is 5.20. The van der Waals surface area contributed by atoms with E-state index in [-0.39, 0.29) is 0 Å². The molecule has 0 aliphatic rings. The first-order valence-corrected chi connectivity index (χ1v) is 2.93. The molecule has 0 aromatic carbocycles. The molecule has 0 rings (SSSR count). The van der Waals surface area contributed by atoms with Gasteiger partial charge < -0.3 is 0 Å². The second kappa shape index (κ2) is 5.65. The molecule has 0 fully saturated rings. The molecule has 7 heavy (non-hydrogen) atoms. The third kappa shape index (κ3) is 5.65. The summed E-state index contributed by atoms with van der Waals surface area (Å²) in [5, 5.41) is 0. The fourth-order valence-electron chi connectivity index (χ4n) is 0.423. The van der Waals surface area contributed by atoms with Gasteiger partial charge >= 0.3 is 0 Å². The van der Waals surface area contributed by atoms with Gasteiger partial charge in [0.05, 0.1) is 0 Å². The summed E-state index contributed by atoms with van der Waals surface area (Å²) >= 11 is 0. The van der Waals surface area contributed by atoms with Gasteiger partial charge in [0.1, 0.15) is 6.08 Å². The molecule has 0 atom stereocenters. The van der Waals surface area contributed by atoms with Crippen LogP contribution in [0.4, 0.5) is 0 Å². The predicted molar refractivity (Wildman–Crippen MR) is 33.0 cm³/mol. The Bertz CT molecular complexity index is 44.0. The first-order chi connectivity index (χ1) is 3.41. The lowest BCUT2D eigenvalue weighted by molar-refractivity contribution is 0.803. The molecule has 0 bridgehead atoms. The molecule has 0 radical (unpaired) electrons. The molecule has 0 saturated heterocycles. The van der Waals surface area contributed by atoms with E-state index in [0.29, 0.717) is 0 Å². The lowest BCUT2D eigenvalue weighted by Gasteiger charge is -1.73. The van der Waals surface area contributed by atoms with Crippen LogP contribution in [-0.4, -0.2) is 0 Å². The van der Waals surface area contributed by atoms with E-state index in [9.17, 15) is 0 Å². The third-order valence-electron chi connectivity index (χ3n) is 0.879. The monoisotopic (exact) mass is 97.1 g/mol. The van der Waals surface area contributed by atoms with Crippen LogP contribution in [0.2, 0.25) is 0 Å². The van der Waals surface area contributed by atoms with Crippen molar-refractivity contribution in [1.82, 2.24) is 0 Å². The summed E-state index contributed by atoms with van der Waals surface area (Å²) in [4.78, 5) is 0. The molecule has 0 heterocycles. The average molecular weight is 97.2 g/mol. The second-order valence-corrected chi connectivity index (χ2v) is 1.60. The Kier molecular flexibility index (Phi) is 5.37. The summed E-state index contributed by atoms with van der Waals surface area (Å²) in [5.74, 6) is 0. The highest BCUT2D eigenvalue weighted by Crippen LogP contribution is 1.92. The Labute approximate surface area is 46.2 Å². The Balaban J connectivity index is 2.69. The van der Waals surface area contributed by atoms with Gasteiger partial charge in [-0.3, -0.25) is 0 Å². The highest BCUT2D eigenvalue weighted by atomic mass is 13.8. The summed E-state index contributed by atoms with van der Waals surface area (Å²) in [7, 11) is 0. The largest absolute Gasteiger partial charge is 0.217 e. The minimum absolute atomic E-state index is 1.13. The summed E-state index contributed by atoms with van der Waals surface area (Å²) < 4.78 is 0. The second-order valence-electron chi connectivity index (χ2n) is 1.60. The Hall–Kier alpha value is -0.350. The molecule has 0 nitrogen and oxygen atoms in total. The molecule has 0 unspecified atom stereocenters. The fraction of sp³-hybridized carbons (Fsp3) is 0.714. The van der Waals surface area contributed by atoms with Crippen LogP contribution in [0.5, 0.6) is 0 Å². The van der Waals surface area contributed by atoms with E-state index in [0.717, 1.165) is 6.42 Å². The molecular weight excluding hydrogens is 84.1 g/mol. The molecule has 0 heteroatoms. The van der Waals surface area contributed by atoms with Crippen molar-refractivity contribution in [2.75, 3.05) is 0 Å². The van der Waals surface area contributed by atoms with Crippen molar-refractivity contribution in [3.05, 3.63) is 12.2 Å². The van der Waals surface area contributed by atoms with Crippen molar-refractivity contribution in [3.8, 4) is 0 Å². The number of allylic oxidation sites excluding steroid dienone is 2. The number of hydrogen-bond acceptors (Lipinski definition) is 0. The van der Waals surface area contributed by atoms with Gasteiger partial charge in [0.2, 0.25) is 6.08 Å². The van der Waals surface area contributed by atoms with Gasteiger partial charge in [-0.05, 0) is 6.42 Å². The normalized spacial score (nSPS) is 9.43. The van der Waals surface area contributed by atoms with E-state index in [1.807, 2.05) is 13.0 Å². The minimum Gasteiger partial charge on any atom is -0.0652 e. The lowest BCUT2D eigenvalue weighted by atomic mass is 10.2. The summed E-state index contributed by atoms with van der Waals surface area (Å²) in [6.45, 7) is 4.20. The van der Waals surface area contributed by atoms with Gasteiger partial charge in [0.15, 0.2) is 6.42 Å². The van der Waals surface area contributed by atoms with Crippen LogP contribution in [0.25, 0.3) is 0 Å². The van der Waals surface area contributed by atoms with Gasteiger partial charge in [-0.25, -0.2) is 0 Å². The molecule has 0 aromatic heterocycles. The third-order valence-corrected chi connectivity index (χ3v) is 0.879. The molecule has 0 spiro atoms. The standard InChI is InChI=1S/C7H13/c1-3-5-7-6-4-2/h3H,4,6-7H2,1-2H3/q+1. The number of hydrogen-bond donors (Lipinski definition) is 0. The smallest absolute Gasteiger partial charge is 0.0652 e. The summed E-state index contributed by atoms with van der Waals surface area (Å²) in [5.41, 5.74) is 0.